The van der Waals surface area contributed by atoms with E-state index in [0.29, 0.717) is 12.4 Å². The van der Waals surface area contributed by atoms with E-state index in [0.717, 1.165) is 36.8 Å². The molecule has 2 N–H and O–H groups in total. The van der Waals surface area contributed by atoms with Crippen molar-refractivity contribution in [2.75, 3.05) is 18.4 Å². The summed E-state index contributed by atoms with van der Waals surface area (Å²) < 4.78 is 1.91. The van der Waals surface area contributed by atoms with Crippen LogP contribution in [0.5, 0.6) is 0 Å². The highest BCUT2D eigenvalue weighted by molar-refractivity contribution is 6.30. The monoisotopic (exact) mass is 330 g/mol. The van der Waals surface area contributed by atoms with Gasteiger partial charge in [0.2, 0.25) is 5.82 Å². The number of rotatable bonds is 4. The van der Waals surface area contributed by atoms with Gasteiger partial charge < -0.3 is 15.2 Å². The van der Waals surface area contributed by atoms with E-state index in [2.05, 4.69) is 27.8 Å². The first-order chi connectivity index (χ1) is 11.2. The molecule has 1 saturated carbocycles. The quantitative estimate of drug-likeness (QED) is 0.906. The number of imidazole rings is 1. The van der Waals surface area contributed by atoms with E-state index in [9.17, 15) is 4.79 Å². The van der Waals surface area contributed by atoms with Gasteiger partial charge in [-0.25, -0.2) is 4.98 Å². The largest absolute Gasteiger partial charge is 0.368 e. The molecule has 1 aliphatic heterocycles. The molecule has 1 aliphatic carbocycles. The van der Waals surface area contributed by atoms with Gasteiger partial charge in [-0.3, -0.25) is 4.79 Å². The number of carbonyl (C=O) groups excluding carboxylic acids is 1. The maximum absolute atomic E-state index is 11.8. The first-order valence-electron chi connectivity index (χ1n) is 8.02. The molecular weight excluding hydrogens is 312 g/mol. The molecule has 120 valence electrons. The minimum atomic E-state index is -0.0995. The number of hydrogen-bond acceptors (Lipinski definition) is 3. The zero-order valence-corrected chi connectivity index (χ0v) is 13.6. The van der Waals surface area contributed by atoms with E-state index < -0.39 is 0 Å². The van der Waals surface area contributed by atoms with Gasteiger partial charge in [0.25, 0.3) is 5.91 Å². The molecule has 2 aromatic rings. The number of aromatic nitrogens is 2. The third kappa shape index (κ3) is 2.59. The van der Waals surface area contributed by atoms with E-state index in [1.54, 1.807) is 0 Å². The lowest BCUT2D eigenvalue weighted by Crippen LogP contribution is -2.41. The minimum absolute atomic E-state index is 0.0995. The van der Waals surface area contributed by atoms with Gasteiger partial charge in [-0.2, -0.15) is 0 Å². The summed E-state index contributed by atoms with van der Waals surface area (Å²) >= 11 is 6.15. The first-order valence-corrected chi connectivity index (χ1v) is 8.39. The van der Waals surface area contributed by atoms with Crippen molar-refractivity contribution in [1.82, 2.24) is 14.9 Å². The fourth-order valence-electron chi connectivity index (χ4n) is 3.47. The molecule has 6 heteroatoms. The maximum atomic E-state index is 11.8. The summed E-state index contributed by atoms with van der Waals surface area (Å²) in [5.41, 5.74) is 1.41. The molecule has 4 rings (SSSR count). The fraction of sp³-hybridized carbons (Fsp3) is 0.412. The molecule has 1 aromatic heterocycles. The summed E-state index contributed by atoms with van der Waals surface area (Å²) in [6.45, 7) is 2.24. The molecule has 2 heterocycles. The normalized spacial score (nSPS) is 18.7. The van der Waals surface area contributed by atoms with Crippen molar-refractivity contribution < 1.29 is 4.79 Å². The number of benzene rings is 1. The van der Waals surface area contributed by atoms with Gasteiger partial charge >= 0.3 is 0 Å². The highest BCUT2D eigenvalue weighted by Gasteiger charge is 2.38. The molecule has 0 unspecified atom stereocenters. The molecular formula is C17H19ClN4O. The van der Waals surface area contributed by atoms with Crippen LogP contribution in [0, 0.1) is 0 Å². The van der Waals surface area contributed by atoms with Crippen LogP contribution < -0.4 is 10.6 Å². The smallest absolute Gasteiger partial charge is 0.287 e. The van der Waals surface area contributed by atoms with Gasteiger partial charge in [-0.05, 0) is 30.5 Å². The number of amides is 1. The fourth-order valence-corrected chi connectivity index (χ4v) is 3.66. The standard InChI is InChI=1S/C17H19ClN4O/c18-13-4-1-3-12(9-13)17(5-2-6-17)11-20-14-10-22-8-7-19-16(23)15(22)21-14/h1,3-4,9-10,20H,2,5-8,11H2,(H,19,23). The van der Waals surface area contributed by atoms with Crippen molar-refractivity contribution in [2.24, 2.45) is 0 Å². The molecule has 0 radical (unpaired) electrons. The van der Waals surface area contributed by atoms with Gasteiger partial charge in [0, 0.05) is 36.3 Å². The van der Waals surface area contributed by atoms with Crippen LogP contribution in [0.4, 0.5) is 5.82 Å². The SMILES string of the molecule is O=C1NCCn2cc(NCC3(c4cccc(Cl)c4)CCC3)nc21. The number of nitrogens with zero attached hydrogens (tertiary/aromatic N) is 2. The topological polar surface area (TPSA) is 59.0 Å². The lowest BCUT2D eigenvalue weighted by Gasteiger charge is -2.42. The Bertz CT molecular complexity index is 751. The number of halogens is 1. The summed E-state index contributed by atoms with van der Waals surface area (Å²) in [6, 6.07) is 8.14. The van der Waals surface area contributed by atoms with Crippen molar-refractivity contribution >= 4 is 23.3 Å². The van der Waals surface area contributed by atoms with Crippen LogP contribution in [0.3, 0.4) is 0 Å². The van der Waals surface area contributed by atoms with Crippen LogP contribution in [0.25, 0.3) is 0 Å². The average Bonchev–Trinajstić information content (AvgIpc) is 2.91. The summed E-state index contributed by atoms with van der Waals surface area (Å²) in [6.07, 6.45) is 5.46. The van der Waals surface area contributed by atoms with E-state index >= 15 is 0 Å². The number of nitrogens with one attached hydrogen (secondary N) is 2. The van der Waals surface area contributed by atoms with Gasteiger partial charge in [0.1, 0.15) is 5.82 Å². The molecule has 0 atom stereocenters. The van der Waals surface area contributed by atoms with Crippen molar-refractivity contribution in [3.05, 3.63) is 46.9 Å². The first kappa shape index (κ1) is 14.6. The van der Waals surface area contributed by atoms with Crippen molar-refractivity contribution in [1.29, 1.82) is 0 Å². The highest BCUT2D eigenvalue weighted by Crippen LogP contribution is 2.44. The highest BCUT2D eigenvalue weighted by atomic mass is 35.5. The Kier molecular flexibility index (Phi) is 3.53. The molecule has 23 heavy (non-hydrogen) atoms. The van der Waals surface area contributed by atoms with Crippen LogP contribution in [0.15, 0.2) is 30.5 Å². The second-order valence-corrected chi connectivity index (χ2v) is 6.83. The third-order valence-electron chi connectivity index (χ3n) is 4.97. The van der Waals surface area contributed by atoms with Gasteiger partial charge in [0.05, 0.1) is 0 Å². The van der Waals surface area contributed by atoms with E-state index in [1.165, 1.54) is 12.0 Å². The van der Waals surface area contributed by atoms with Crippen LogP contribution in [0.1, 0.15) is 35.4 Å². The van der Waals surface area contributed by atoms with Crippen molar-refractivity contribution in [3.8, 4) is 0 Å². The Morgan fingerprint density at radius 1 is 1.39 bits per heavy atom. The van der Waals surface area contributed by atoms with Crippen LogP contribution in [-0.2, 0) is 12.0 Å². The molecule has 1 fully saturated rings. The number of hydrogen-bond donors (Lipinski definition) is 2. The predicted molar refractivity (Wildman–Crippen MR) is 90.0 cm³/mol. The Balaban J connectivity index is 1.52. The molecule has 0 spiro atoms. The summed E-state index contributed by atoms with van der Waals surface area (Å²) in [7, 11) is 0. The zero-order chi connectivity index (χ0) is 15.9. The van der Waals surface area contributed by atoms with Crippen molar-refractivity contribution in [2.45, 2.75) is 31.2 Å². The minimum Gasteiger partial charge on any atom is -0.368 e. The molecule has 5 nitrogen and oxygen atoms in total. The average molecular weight is 331 g/mol. The van der Waals surface area contributed by atoms with Gasteiger partial charge in [-0.1, -0.05) is 30.2 Å². The molecule has 0 bridgehead atoms. The van der Waals surface area contributed by atoms with Crippen LogP contribution in [0.2, 0.25) is 5.02 Å². The lowest BCUT2D eigenvalue weighted by atomic mass is 9.64. The van der Waals surface area contributed by atoms with E-state index in [4.69, 9.17) is 11.6 Å². The summed E-state index contributed by atoms with van der Waals surface area (Å²) in [5.74, 6) is 1.16. The van der Waals surface area contributed by atoms with E-state index in [1.807, 2.05) is 22.9 Å². The Labute approximate surface area is 140 Å². The molecule has 2 aliphatic rings. The third-order valence-corrected chi connectivity index (χ3v) is 5.21. The Morgan fingerprint density at radius 3 is 2.96 bits per heavy atom. The second-order valence-electron chi connectivity index (χ2n) is 6.40. The zero-order valence-electron chi connectivity index (χ0n) is 12.8. The van der Waals surface area contributed by atoms with Gasteiger partial charge in [0.15, 0.2) is 0 Å². The number of fused-ring (bicyclic) bond motifs is 1. The molecule has 0 saturated heterocycles. The summed E-state index contributed by atoms with van der Waals surface area (Å²) in [5, 5.41) is 7.02. The van der Waals surface area contributed by atoms with E-state index in [-0.39, 0.29) is 11.3 Å². The Hall–Kier alpha value is -2.01. The second kappa shape index (κ2) is 5.57. The van der Waals surface area contributed by atoms with Crippen molar-refractivity contribution in [3.63, 3.8) is 0 Å². The van der Waals surface area contributed by atoms with Gasteiger partial charge in [-0.15, -0.1) is 0 Å². The maximum Gasteiger partial charge on any atom is 0.287 e. The van der Waals surface area contributed by atoms with Crippen LogP contribution >= 0.6 is 11.6 Å². The lowest BCUT2D eigenvalue weighted by molar-refractivity contribution is 0.0922. The Morgan fingerprint density at radius 2 is 2.26 bits per heavy atom. The summed E-state index contributed by atoms with van der Waals surface area (Å²) in [4.78, 5) is 16.2. The predicted octanol–water partition coefficient (Wildman–Crippen LogP) is 2.81. The van der Waals surface area contributed by atoms with Crippen LogP contribution in [-0.4, -0.2) is 28.5 Å². The molecule has 1 amide bonds. The molecule has 1 aromatic carbocycles. The number of anilines is 1. The number of carbonyl (C=O) groups is 1.